The molecule has 2 atom stereocenters. The molecule has 3 aliphatic rings. The molecule has 2 bridgehead atoms. The standard InChI is InChI=1S/C15H24/c1-15(2)12-7-5-9-14(15)13-8-4-3-6-11(13)10-12/h12,14H,3-10H2,1-2H3. The minimum absolute atomic E-state index is 0.619. The Bertz CT molecular complexity index is 295. The predicted octanol–water partition coefficient (Wildman–Crippen LogP) is 4.70. The van der Waals surface area contributed by atoms with Crippen molar-refractivity contribution in [3.8, 4) is 0 Å². The largest absolute Gasteiger partial charge is 0.0704 e. The summed E-state index contributed by atoms with van der Waals surface area (Å²) in [4.78, 5) is 0. The molecule has 84 valence electrons. The van der Waals surface area contributed by atoms with Crippen LogP contribution in [0.2, 0.25) is 0 Å². The summed E-state index contributed by atoms with van der Waals surface area (Å²) in [5.74, 6) is 1.97. The van der Waals surface area contributed by atoms with E-state index < -0.39 is 0 Å². The van der Waals surface area contributed by atoms with Crippen LogP contribution in [0, 0.1) is 17.3 Å². The van der Waals surface area contributed by atoms with Crippen LogP contribution in [0.1, 0.15) is 65.2 Å². The van der Waals surface area contributed by atoms with Crippen molar-refractivity contribution in [1.29, 1.82) is 0 Å². The van der Waals surface area contributed by atoms with Gasteiger partial charge in [-0.25, -0.2) is 0 Å². The van der Waals surface area contributed by atoms with Crippen LogP contribution < -0.4 is 0 Å². The highest BCUT2D eigenvalue weighted by atomic mass is 14.5. The van der Waals surface area contributed by atoms with Crippen LogP contribution in [0.5, 0.6) is 0 Å². The van der Waals surface area contributed by atoms with Crippen LogP contribution in [0.4, 0.5) is 0 Å². The average molecular weight is 204 g/mol. The van der Waals surface area contributed by atoms with E-state index in [0.29, 0.717) is 5.41 Å². The molecule has 0 saturated heterocycles. The van der Waals surface area contributed by atoms with E-state index in [4.69, 9.17) is 0 Å². The Morgan fingerprint density at radius 3 is 2.67 bits per heavy atom. The van der Waals surface area contributed by atoms with Crippen molar-refractivity contribution in [1.82, 2.24) is 0 Å². The van der Waals surface area contributed by atoms with E-state index in [9.17, 15) is 0 Å². The molecule has 1 fully saturated rings. The zero-order chi connectivity index (χ0) is 10.5. The molecular weight excluding hydrogens is 180 g/mol. The van der Waals surface area contributed by atoms with Crippen molar-refractivity contribution in [2.45, 2.75) is 65.2 Å². The van der Waals surface area contributed by atoms with Gasteiger partial charge in [-0.3, -0.25) is 0 Å². The molecule has 0 spiro atoms. The van der Waals surface area contributed by atoms with E-state index in [2.05, 4.69) is 13.8 Å². The van der Waals surface area contributed by atoms with Crippen molar-refractivity contribution < 1.29 is 0 Å². The highest BCUT2D eigenvalue weighted by molar-refractivity contribution is 5.27. The maximum Gasteiger partial charge on any atom is -0.0146 e. The Labute approximate surface area is 94.1 Å². The maximum atomic E-state index is 2.54. The van der Waals surface area contributed by atoms with Gasteiger partial charge in [-0.15, -0.1) is 0 Å². The SMILES string of the molecule is CC1(C)C2CCCC1C1=C(CCCC1)C2. The van der Waals surface area contributed by atoms with Gasteiger partial charge in [0, 0.05) is 0 Å². The van der Waals surface area contributed by atoms with Gasteiger partial charge in [0.25, 0.3) is 0 Å². The van der Waals surface area contributed by atoms with E-state index in [0.717, 1.165) is 11.8 Å². The normalized spacial score (nSPS) is 38.8. The summed E-state index contributed by atoms with van der Waals surface area (Å²) in [7, 11) is 0. The minimum Gasteiger partial charge on any atom is -0.0704 e. The van der Waals surface area contributed by atoms with Gasteiger partial charge in [-0.2, -0.15) is 0 Å². The van der Waals surface area contributed by atoms with Gasteiger partial charge in [0.2, 0.25) is 0 Å². The number of allylic oxidation sites excluding steroid dienone is 2. The van der Waals surface area contributed by atoms with E-state index in [-0.39, 0.29) is 0 Å². The first kappa shape index (κ1) is 9.93. The Balaban J connectivity index is 2.01. The summed E-state index contributed by atoms with van der Waals surface area (Å²) in [6.45, 7) is 5.08. The Morgan fingerprint density at radius 1 is 1.00 bits per heavy atom. The highest BCUT2D eigenvalue weighted by Crippen LogP contribution is 2.57. The number of fused-ring (bicyclic) bond motifs is 3. The number of rotatable bonds is 0. The third-order valence-corrected chi connectivity index (χ3v) is 5.54. The Kier molecular flexibility index (Phi) is 2.23. The molecule has 0 aromatic rings. The summed E-state index contributed by atoms with van der Waals surface area (Å²) < 4.78 is 0. The molecular formula is C15H24. The van der Waals surface area contributed by atoms with E-state index in [1.807, 2.05) is 11.1 Å². The summed E-state index contributed by atoms with van der Waals surface area (Å²) in [6.07, 6.45) is 11.8. The summed E-state index contributed by atoms with van der Waals surface area (Å²) >= 11 is 0. The fraction of sp³-hybridized carbons (Fsp3) is 0.867. The second-order valence-corrected chi connectivity index (χ2v) is 6.54. The first-order chi connectivity index (χ1) is 7.19. The van der Waals surface area contributed by atoms with Gasteiger partial charge in [-0.1, -0.05) is 31.4 Å². The van der Waals surface area contributed by atoms with Crippen LogP contribution in [-0.2, 0) is 0 Å². The van der Waals surface area contributed by atoms with Crippen LogP contribution in [0.15, 0.2) is 11.1 Å². The van der Waals surface area contributed by atoms with Crippen molar-refractivity contribution in [3.05, 3.63) is 11.1 Å². The third kappa shape index (κ3) is 1.40. The van der Waals surface area contributed by atoms with Crippen molar-refractivity contribution in [3.63, 3.8) is 0 Å². The monoisotopic (exact) mass is 204 g/mol. The van der Waals surface area contributed by atoms with E-state index in [1.54, 1.807) is 0 Å². The van der Waals surface area contributed by atoms with Gasteiger partial charge in [0.1, 0.15) is 0 Å². The van der Waals surface area contributed by atoms with Gasteiger partial charge in [0.15, 0.2) is 0 Å². The van der Waals surface area contributed by atoms with E-state index in [1.165, 1.54) is 51.4 Å². The van der Waals surface area contributed by atoms with Crippen LogP contribution in [0.25, 0.3) is 0 Å². The molecule has 0 aliphatic heterocycles. The lowest BCUT2D eigenvalue weighted by Gasteiger charge is -2.52. The zero-order valence-electron chi connectivity index (χ0n) is 10.3. The maximum absolute atomic E-state index is 2.54. The molecule has 0 amide bonds. The Morgan fingerprint density at radius 2 is 1.80 bits per heavy atom. The molecule has 0 nitrogen and oxygen atoms in total. The summed E-state index contributed by atoms with van der Waals surface area (Å²) in [6, 6.07) is 0. The van der Waals surface area contributed by atoms with Crippen LogP contribution in [-0.4, -0.2) is 0 Å². The first-order valence-corrected chi connectivity index (χ1v) is 6.90. The lowest BCUT2D eigenvalue weighted by molar-refractivity contribution is 0.0607. The molecule has 3 rings (SSSR count). The van der Waals surface area contributed by atoms with Crippen molar-refractivity contribution in [2.75, 3.05) is 0 Å². The minimum atomic E-state index is 0.619. The molecule has 0 heterocycles. The average Bonchev–Trinajstić information content (AvgIpc) is 2.17. The Hall–Kier alpha value is -0.260. The fourth-order valence-electron chi connectivity index (χ4n) is 4.53. The van der Waals surface area contributed by atoms with Crippen molar-refractivity contribution >= 4 is 0 Å². The summed E-state index contributed by atoms with van der Waals surface area (Å²) in [5.41, 5.74) is 4.44. The molecule has 0 aromatic carbocycles. The number of hydrogen-bond acceptors (Lipinski definition) is 0. The van der Waals surface area contributed by atoms with E-state index >= 15 is 0 Å². The zero-order valence-corrected chi connectivity index (χ0v) is 10.3. The van der Waals surface area contributed by atoms with Gasteiger partial charge in [-0.05, 0) is 62.2 Å². The number of hydrogen-bond donors (Lipinski definition) is 0. The second kappa shape index (κ2) is 3.37. The molecule has 3 aliphatic carbocycles. The molecule has 0 radical (unpaired) electrons. The first-order valence-electron chi connectivity index (χ1n) is 6.90. The van der Waals surface area contributed by atoms with Gasteiger partial charge >= 0.3 is 0 Å². The molecule has 1 saturated carbocycles. The molecule has 0 N–H and O–H groups in total. The molecule has 15 heavy (non-hydrogen) atoms. The smallest absolute Gasteiger partial charge is 0.0146 e. The van der Waals surface area contributed by atoms with Crippen LogP contribution in [0.3, 0.4) is 0 Å². The lowest BCUT2D eigenvalue weighted by Crippen LogP contribution is -2.41. The quantitative estimate of drug-likeness (QED) is 0.502. The molecule has 2 unspecified atom stereocenters. The lowest BCUT2D eigenvalue weighted by atomic mass is 9.53. The van der Waals surface area contributed by atoms with Gasteiger partial charge < -0.3 is 0 Å². The third-order valence-electron chi connectivity index (χ3n) is 5.54. The summed E-state index contributed by atoms with van der Waals surface area (Å²) in [5, 5.41) is 0. The topological polar surface area (TPSA) is 0 Å². The highest BCUT2D eigenvalue weighted by Gasteiger charge is 2.45. The molecule has 0 aromatic heterocycles. The van der Waals surface area contributed by atoms with Gasteiger partial charge in [0.05, 0.1) is 0 Å². The second-order valence-electron chi connectivity index (χ2n) is 6.54. The molecule has 0 heteroatoms. The fourth-order valence-corrected chi connectivity index (χ4v) is 4.53. The van der Waals surface area contributed by atoms with Crippen molar-refractivity contribution in [2.24, 2.45) is 17.3 Å². The van der Waals surface area contributed by atoms with Crippen LogP contribution >= 0.6 is 0 Å². The predicted molar refractivity (Wildman–Crippen MR) is 64.7 cm³/mol.